The summed E-state index contributed by atoms with van der Waals surface area (Å²) in [5.41, 5.74) is -0.607. The fourth-order valence-corrected chi connectivity index (χ4v) is 2.80. The van der Waals surface area contributed by atoms with Gasteiger partial charge in [0.1, 0.15) is 23.7 Å². The highest BCUT2D eigenvalue weighted by Gasteiger charge is 2.58. The molecule has 0 aliphatic carbocycles. The van der Waals surface area contributed by atoms with Crippen molar-refractivity contribution in [1.82, 2.24) is 0 Å². The summed E-state index contributed by atoms with van der Waals surface area (Å²) < 4.78 is 10.8. The average Bonchev–Trinajstić information content (AvgIpc) is 2.87. The lowest BCUT2D eigenvalue weighted by molar-refractivity contribution is -0.235. The van der Waals surface area contributed by atoms with Crippen LogP contribution in [0.5, 0.6) is 0 Å². The average molecular weight is 261 g/mol. The van der Waals surface area contributed by atoms with Crippen molar-refractivity contribution in [3.63, 3.8) is 0 Å². The van der Waals surface area contributed by atoms with Crippen LogP contribution in [0.4, 0.5) is 0 Å². The fraction of sp³-hybridized carbons (Fsp3) is 0.500. The first-order valence-electron chi connectivity index (χ1n) is 6.26. The third kappa shape index (κ3) is 1.94. The molecule has 2 bridgehead atoms. The van der Waals surface area contributed by atoms with Gasteiger partial charge in [0.15, 0.2) is 6.29 Å². The van der Waals surface area contributed by atoms with Gasteiger partial charge in [-0.15, -0.1) is 0 Å². The van der Waals surface area contributed by atoms with E-state index in [1.165, 1.54) is 0 Å². The molecule has 5 heteroatoms. The highest BCUT2D eigenvalue weighted by atomic mass is 16.7. The Labute approximate surface area is 111 Å². The van der Waals surface area contributed by atoms with Crippen LogP contribution in [0.1, 0.15) is 5.56 Å². The Morgan fingerprint density at radius 1 is 1.37 bits per heavy atom. The molecule has 2 aliphatic heterocycles. The standard InChI is InChI=1S/C14H15NO4/c15-7-10-12(16)14(17,11-8-18-13(10)19-11)6-9-4-2-1-3-5-9/h1-5,10-13,16-17H,6,8H2/t10-,11+,12+,13+,14+/m0/s1. The van der Waals surface area contributed by atoms with Crippen LogP contribution in [-0.2, 0) is 15.9 Å². The number of aliphatic hydroxyl groups excluding tert-OH is 1. The summed E-state index contributed by atoms with van der Waals surface area (Å²) in [6.07, 6.45) is -2.28. The van der Waals surface area contributed by atoms with Crippen LogP contribution in [0.25, 0.3) is 0 Å². The van der Waals surface area contributed by atoms with Crippen molar-refractivity contribution >= 4 is 0 Å². The lowest BCUT2D eigenvalue weighted by Gasteiger charge is -2.42. The van der Waals surface area contributed by atoms with Crippen molar-refractivity contribution in [3.05, 3.63) is 35.9 Å². The molecule has 0 aromatic heterocycles. The van der Waals surface area contributed by atoms with Crippen LogP contribution in [-0.4, -0.2) is 40.9 Å². The van der Waals surface area contributed by atoms with Crippen molar-refractivity contribution in [1.29, 1.82) is 5.26 Å². The van der Waals surface area contributed by atoms with E-state index in [1.807, 2.05) is 36.4 Å². The zero-order valence-electron chi connectivity index (χ0n) is 10.3. The van der Waals surface area contributed by atoms with Crippen LogP contribution >= 0.6 is 0 Å². The largest absolute Gasteiger partial charge is 0.388 e. The van der Waals surface area contributed by atoms with Crippen LogP contribution in [0.2, 0.25) is 0 Å². The van der Waals surface area contributed by atoms with Crippen LogP contribution in [0.3, 0.4) is 0 Å². The van der Waals surface area contributed by atoms with Crippen molar-refractivity contribution in [3.8, 4) is 6.07 Å². The van der Waals surface area contributed by atoms with E-state index in [0.717, 1.165) is 5.56 Å². The van der Waals surface area contributed by atoms with E-state index in [2.05, 4.69) is 0 Å². The number of benzene rings is 1. The van der Waals surface area contributed by atoms with Gasteiger partial charge in [0.25, 0.3) is 0 Å². The SMILES string of the molecule is N#C[C@@H]1[C@@H]2OC[C@@H](O2)[C@](O)(Cc2ccccc2)[C@@H]1O. The lowest BCUT2D eigenvalue weighted by atomic mass is 9.77. The molecule has 0 saturated carbocycles. The lowest BCUT2D eigenvalue weighted by Crippen LogP contribution is -2.61. The van der Waals surface area contributed by atoms with Gasteiger partial charge in [0.2, 0.25) is 0 Å². The minimum absolute atomic E-state index is 0.198. The second-order valence-electron chi connectivity index (χ2n) is 5.08. The zero-order chi connectivity index (χ0) is 13.5. The Kier molecular flexibility index (Phi) is 3.03. The highest BCUT2D eigenvalue weighted by molar-refractivity contribution is 5.21. The van der Waals surface area contributed by atoms with Crippen molar-refractivity contribution in [2.75, 3.05) is 6.61 Å². The van der Waals surface area contributed by atoms with Gasteiger partial charge in [-0.3, -0.25) is 0 Å². The van der Waals surface area contributed by atoms with E-state index in [4.69, 9.17) is 14.7 Å². The first-order chi connectivity index (χ1) is 9.15. The van der Waals surface area contributed by atoms with E-state index in [0.29, 0.717) is 0 Å². The quantitative estimate of drug-likeness (QED) is 0.795. The summed E-state index contributed by atoms with van der Waals surface area (Å²) >= 11 is 0. The van der Waals surface area contributed by atoms with Gasteiger partial charge >= 0.3 is 0 Å². The monoisotopic (exact) mass is 261 g/mol. The second kappa shape index (κ2) is 4.58. The van der Waals surface area contributed by atoms with Gasteiger partial charge in [-0.2, -0.15) is 5.26 Å². The third-order valence-corrected chi connectivity index (χ3v) is 3.89. The number of aliphatic hydroxyl groups is 2. The Morgan fingerprint density at radius 2 is 2.11 bits per heavy atom. The summed E-state index contributed by atoms with van der Waals surface area (Å²) in [5, 5.41) is 30.2. The predicted molar refractivity (Wildman–Crippen MR) is 64.8 cm³/mol. The third-order valence-electron chi connectivity index (χ3n) is 3.89. The Morgan fingerprint density at radius 3 is 2.79 bits per heavy atom. The molecule has 0 unspecified atom stereocenters. The first-order valence-corrected chi connectivity index (χ1v) is 6.26. The molecule has 2 aliphatic rings. The molecule has 2 fully saturated rings. The molecule has 2 N–H and O–H groups in total. The molecule has 19 heavy (non-hydrogen) atoms. The number of nitrogens with zero attached hydrogens (tertiary/aromatic N) is 1. The maximum absolute atomic E-state index is 10.8. The molecule has 2 heterocycles. The van der Waals surface area contributed by atoms with Gasteiger partial charge in [-0.25, -0.2) is 0 Å². The number of hydrogen-bond acceptors (Lipinski definition) is 5. The van der Waals surface area contributed by atoms with E-state index in [-0.39, 0.29) is 13.0 Å². The molecule has 1 aromatic rings. The minimum atomic E-state index is -1.49. The molecule has 0 radical (unpaired) electrons. The molecule has 0 spiro atoms. The summed E-state index contributed by atoms with van der Waals surface area (Å²) in [6, 6.07) is 11.3. The maximum Gasteiger partial charge on any atom is 0.176 e. The van der Waals surface area contributed by atoms with Crippen molar-refractivity contribution < 1.29 is 19.7 Å². The number of nitriles is 1. The smallest absolute Gasteiger partial charge is 0.176 e. The number of ether oxygens (including phenoxy) is 2. The summed E-state index contributed by atoms with van der Waals surface area (Å²) in [6.45, 7) is 0.198. The molecule has 5 nitrogen and oxygen atoms in total. The summed E-state index contributed by atoms with van der Waals surface area (Å²) in [7, 11) is 0. The fourth-order valence-electron chi connectivity index (χ4n) is 2.80. The van der Waals surface area contributed by atoms with E-state index in [9.17, 15) is 10.2 Å². The highest BCUT2D eigenvalue weighted by Crippen LogP contribution is 2.40. The van der Waals surface area contributed by atoms with E-state index >= 15 is 0 Å². The molecular weight excluding hydrogens is 246 g/mol. The molecule has 2 saturated heterocycles. The molecule has 100 valence electrons. The minimum Gasteiger partial charge on any atom is -0.388 e. The summed E-state index contributed by atoms with van der Waals surface area (Å²) in [4.78, 5) is 0. The Bertz CT molecular complexity index is 500. The normalized spacial score (nSPS) is 40.9. The van der Waals surface area contributed by atoms with Crippen molar-refractivity contribution in [2.45, 2.75) is 30.5 Å². The van der Waals surface area contributed by atoms with Crippen molar-refractivity contribution in [2.24, 2.45) is 5.92 Å². The zero-order valence-corrected chi connectivity index (χ0v) is 10.3. The first kappa shape index (κ1) is 12.6. The van der Waals surface area contributed by atoms with Gasteiger partial charge in [0.05, 0.1) is 12.7 Å². The second-order valence-corrected chi connectivity index (χ2v) is 5.08. The van der Waals surface area contributed by atoms with Gasteiger partial charge in [0, 0.05) is 6.42 Å². The molecule has 5 atom stereocenters. The number of fused-ring (bicyclic) bond motifs is 2. The van der Waals surface area contributed by atoms with Gasteiger partial charge in [-0.05, 0) is 5.56 Å². The molecular formula is C14H15NO4. The van der Waals surface area contributed by atoms with E-state index in [1.54, 1.807) is 0 Å². The van der Waals surface area contributed by atoms with Crippen LogP contribution in [0, 0.1) is 17.2 Å². The topological polar surface area (TPSA) is 82.7 Å². The molecule has 3 rings (SSSR count). The number of rotatable bonds is 2. The van der Waals surface area contributed by atoms with Crippen LogP contribution in [0.15, 0.2) is 30.3 Å². The summed E-state index contributed by atoms with van der Waals surface area (Å²) in [5.74, 6) is -0.868. The predicted octanol–water partition coefficient (Wildman–Crippen LogP) is 0.216. The van der Waals surface area contributed by atoms with Gasteiger partial charge in [-0.1, -0.05) is 30.3 Å². The number of hydrogen-bond donors (Lipinski definition) is 2. The van der Waals surface area contributed by atoms with Crippen LogP contribution < -0.4 is 0 Å². The molecule has 0 amide bonds. The van der Waals surface area contributed by atoms with Gasteiger partial charge < -0.3 is 19.7 Å². The molecule has 1 aromatic carbocycles. The van der Waals surface area contributed by atoms with E-state index < -0.39 is 30.0 Å². The Balaban J connectivity index is 1.91. The Hall–Kier alpha value is -1.45. The maximum atomic E-state index is 10.8.